The predicted molar refractivity (Wildman–Crippen MR) is 63.9 cm³/mol. The lowest BCUT2D eigenvalue weighted by molar-refractivity contribution is -0.199. The van der Waals surface area contributed by atoms with Crippen molar-refractivity contribution in [2.24, 2.45) is 5.92 Å². The van der Waals surface area contributed by atoms with Crippen molar-refractivity contribution in [2.45, 2.75) is 37.5 Å². The van der Waals surface area contributed by atoms with Crippen LogP contribution in [-0.2, 0) is 0 Å². The number of aromatic amines is 1. The van der Waals surface area contributed by atoms with E-state index in [1.165, 1.54) is 12.3 Å². The molecule has 0 unspecified atom stereocenters. The van der Waals surface area contributed by atoms with Gasteiger partial charge < -0.3 is 10.4 Å². The van der Waals surface area contributed by atoms with Gasteiger partial charge in [-0.1, -0.05) is 0 Å². The van der Waals surface area contributed by atoms with Crippen molar-refractivity contribution in [3.8, 4) is 0 Å². The van der Waals surface area contributed by atoms with Crippen LogP contribution in [0.2, 0.25) is 0 Å². The van der Waals surface area contributed by atoms with E-state index in [2.05, 4.69) is 15.5 Å². The van der Waals surface area contributed by atoms with Gasteiger partial charge in [0.25, 0.3) is 5.91 Å². The molecular formula is C12H16F3N3O2. The second-order valence-electron chi connectivity index (χ2n) is 5.21. The number of nitrogens with one attached hydrogen (secondary N) is 2. The summed E-state index contributed by atoms with van der Waals surface area (Å²) in [6.07, 6.45) is -2.71. The zero-order valence-electron chi connectivity index (χ0n) is 10.7. The van der Waals surface area contributed by atoms with E-state index in [4.69, 9.17) is 0 Å². The first-order chi connectivity index (χ1) is 9.30. The minimum atomic E-state index is -4.30. The van der Waals surface area contributed by atoms with Crippen LogP contribution in [0.5, 0.6) is 0 Å². The molecule has 0 radical (unpaired) electrons. The predicted octanol–water partition coefficient (Wildman–Crippen LogP) is 1.62. The first kappa shape index (κ1) is 14.8. The van der Waals surface area contributed by atoms with Crippen molar-refractivity contribution in [3.05, 3.63) is 18.0 Å². The van der Waals surface area contributed by atoms with Crippen LogP contribution in [0.1, 0.15) is 36.2 Å². The van der Waals surface area contributed by atoms with Crippen molar-refractivity contribution in [2.75, 3.05) is 6.54 Å². The van der Waals surface area contributed by atoms with Gasteiger partial charge in [-0.2, -0.15) is 18.3 Å². The molecule has 1 saturated carbocycles. The maximum Gasteiger partial charge on any atom is 0.391 e. The van der Waals surface area contributed by atoms with Crippen molar-refractivity contribution in [1.82, 2.24) is 15.5 Å². The van der Waals surface area contributed by atoms with E-state index in [0.717, 1.165) is 0 Å². The van der Waals surface area contributed by atoms with E-state index in [1.807, 2.05) is 0 Å². The molecule has 3 N–H and O–H groups in total. The van der Waals surface area contributed by atoms with Crippen LogP contribution >= 0.6 is 0 Å². The van der Waals surface area contributed by atoms with Crippen LogP contribution in [0, 0.1) is 5.92 Å². The van der Waals surface area contributed by atoms with E-state index in [0.29, 0.717) is 6.42 Å². The largest absolute Gasteiger partial charge is 0.391 e. The zero-order valence-corrected chi connectivity index (χ0v) is 10.7. The molecule has 0 bridgehead atoms. The molecule has 1 amide bonds. The summed E-state index contributed by atoms with van der Waals surface area (Å²) in [4.78, 5) is 11.7. The first-order valence-electron chi connectivity index (χ1n) is 6.37. The number of aromatic nitrogens is 2. The maximum atomic E-state index is 12.7. The van der Waals surface area contributed by atoms with Gasteiger partial charge in [0, 0.05) is 12.7 Å². The summed E-state index contributed by atoms with van der Waals surface area (Å²) in [7, 11) is 0. The second-order valence-corrected chi connectivity index (χ2v) is 5.21. The Kier molecular flexibility index (Phi) is 4.03. The fraction of sp³-hybridized carbons (Fsp3) is 0.667. The number of H-pyrrole nitrogens is 1. The topological polar surface area (TPSA) is 78.0 Å². The van der Waals surface area contributed by atoms with Gasteiger partial charge in [0.1, 0.15) is 5.69 Å². The number of carbonyl (C=O) groups excluding carboxylic acids is 1. The van der Waals surface area contributed by atoms with Crippen molar-refractivity contribution >= 4 is 5.91 Å². The monoisotopic (exact) mass is 291 g/mol. The summed E-state index contributed by atoms with van der Waals surface area (Å²) in [5, 5.41) is 18.7. The molecule has 0 aromatic carbocycles. The average molecular weight is 291 g/mol. The smallest absolute Gasteiger partial charge is 0.388 e. The molecule has 0 aliphatic heterocycles. The third-order valence-electron chi connectivity index (χ3n) is 3.61. The highest BCUT2D eigenvalue weighted by Crippen LogP contribution is 2.41. The Morgan fingerprint density at radius 1 is 1.60 bits per heavy atom. The molecule has 1 aromatic heterocycles. The van der Waals surface area contributed by atoms with Crippen molar-refractivity contribution in [3.63, 3.8) is 0 Å². The molecular weight excluding hydrogens is 275 g/mol. The fourth-order valence-electron chi connectivity index (χ4n) is 2.50. The number of rotatable bonds is 3. The fourth-order valence-corrected chi connectivity index (χ4v) is 2.50. The lowest BCUT2D eigenvalue weighted by Crippen LogP contribution is -2.48. The summed E-state index contributed by atoms with van der Waals surface area (Å²) in [5.41, 5.74) is -1.30. The molecule has 20 heavy (non-hydrogen) atoms. The number of amides is 1. The molecule has 112 valence electrons. The SMILES string of the molecule is O=C(NC[C@]1(O)CCC[C@@H](C(F)(F)F)C1)c1ccn[nH]1. The van der Waals surface area contributed by atoms with E-state index in [1.54, 1.807) is 0 Å². The van der Waals surface area contributed by atoms with Gasteiger partial charge in [-0.3, -0.25) is 9.89 Å². The molecule has 2 rings (SSSR count). The molecule has 0 spiro atoms. The number of carbonyl (C=O) groups is 1. The summed E-state index contributed by atoms with van der Waals surface area (Å²) in [5.74, 6) is -2.00. The Balaban J connectivity index is 1.92. The van der Waals surface area contributed by atoms with Gasteiger partial charge in [0.2, 0.25) is 0 Å². The lowest BCUT2D eigenvalue weighted by atomic mass is 9.77. The molecule has 1 aliphatic rings. The zero-order chi connectivity index (χ0) is 14.8. The van der Waals surface area contributed by atoms with E-state index < -0.39 is 23.6 Å². The van der Waals surface area contributed by atoms with Gasteiger partial charge in [-0.25, -0.2) is 0 Å². The van der Waals surface area contributed by atoms with Gasteiger partial charge >= 0.3 is 6.18 Å². The molecule has 2 atom stereocenters. The first-order valence-corrected chi connectivity index (χ1v) is 6.37. The Hall–Kier alpha value is -1.57. The molecule has 5 nitrogen and oxygen atoms in total. The van der Waals surface area contributed by atoms with Crippen LogP contribution in [-0.4, -0.2) is 39.5 Å². The summed E-state index contributed by atoms with van der Waals surface area (Å²) < 4.78 is 38.1. The minimum absolute atomic E-state index is 0.0281. The van der Waals surface area contributed by atoms with Crippen LogP contribution in [0.3, 0.4) is 0 Å². The molecule has 1 aromatic rings. The Bertz CT molecular complexity index is 461. The van der Waals surface area contributed by atoms with Crippen LogP contribution in [0.4, 0.5) is 13.2 Å². The lowest BCUT2D eigenvalue weighted by Gasteiger charge is -2.37. The molecule has 0 saturated heterocycles. The maximum absolute atomic E-state index is 12.7. The highest BCUT2D eigenvalue weighted by molar-refractivity contribution is 5.92. The third kappa shape index (κ3) is 3.50. The summed E-state index contributed by atoms with van der Waals surface area (Å²) >= 11 is 0. The quantitative estimate of drug-likeness (QED) is 0.792. The van der Waals surface area contributed by atoms with Gasteiger partial charge in [0.15, 0.2) is 0 Å². The molecule has 1 fully saturated rings. The van der Waals surface area contributed by atoms with Gasteiger partial charge in [-0.15, -0.1) is 0 Å². The highest BCUT2D eigenvalue weighted by atomic mass is 19.4. The van der Waals surface area contributed by atoms with Crippen LogP contribution in [0.25, 0.3) is 0 Å². The van der Waals surface area contributed by atoms with Crippen LogP contribution < -0.4 is 5.32 Å². The van der Waals surface area contributed by atoms with Crippen molar-refractivity contribution in [1.29, 1.82) is 0 Å². The molecule has 1 aliphatic carbocycles. The van der Waals surface area contributed by atoms with E-state index in [-0.39, 0.29) is 31.5 Å². The number of halogens is 3. The third-order valence-corrected chi connectivity index (χ3v) is 3.61. The number of hydrogen-bond acceptors (Lipinski definition) is 3. The number of nitrogens with zero attached hydrogens (tertiary/aromatic N) is 1. The molecule has 8 heteroatoms. The normalized spacial score (nSPS) is 27.3. The Labute approximate surface area is 113 Å². The minimum Gasteiger partial charge on any atom is -0.388 e. The van der Waals surface area contributed by atoms with E-state index >= 15 is 0 Å². The second kappa shape index (κ2) is 5.43. The average Bonchev–Trinajstić information content (AvgIpc) is 2.89. The van der Waals surface area contributed by atoms with E-state index in [9.17, 15) is 23.1 Å². The Morgan fingerprint density at radius 2 is 2.35 bits per heavy atom. The Morgan fingerprint density at radius 3 is 2.95 bits per heavy atom. The number of aliphatic hydroxyl groups is 1. The van der Waals surface area contributed by atoms with Gasteiger partial charge in [0.05, 0.1) is 11.5 Å². The summed E-state index contributed by atoms with van der Waals surface area (Å²) in [6, 6.07) is 1.44. The van der Waals surface area contributed by atoms with Crippen molar-refractivity contribution < 1.29 is 23.1 Å². The standard InChI is InChI=1S/C12H16F3N3O2/c13-12(14,15)8-2-1-4-11(20,6-8)7-16-10(19)9-3-5-17-18-9/h3,5,8,20H,1-2,4,6-7H2,(H,16,19)(H,17,18)/t8-,11+/m1/s1. The number of alkyl halides is 3. The summed E-state index contributed by atoms with van der Waals surface area (Å²) in [6.45, 7) is -0.197. The number of hydrogen-bond donors (Lipinski definition) is 3. The molecule has 1 heterocycles. The van der Waals surface area contributed by atoms with Crippen LogP contribution in [0.15, 0.2) is 12.3 Å². The highest BCUT2D eigenvalue weighted by Gasteiger charge is 2.47. The van der Waals surface area contributed by atoms with Gasteiger partial charge in [-0.05, 0) is 31.7 Å².